The van der Waals surface area contributed by atoms with E-state index in [1.54, 1.807) is 30.3 Å². The lowest BCUT2D eigenvalue weighted by atomic mass is 9.56. The number of para-hydroxylation sites is 1. The smallest absolute Gasteiger partial charge is 0.258 e. The lowest BCUT2D eigenvalue weighted by Gasteiger charge is -2.50. The second-order valence-corrected chi connectivity index (χ2v) is 15.1. The number of hydrogen-bond acceptors (Lipinski definition) is 7. The number of ether oxygens (including phenoxy) is 1. The predicted molar refractivity (Wildman–Crippen MR) is 194 cm³/mol. The monoisotopic (exact) mass is 811 g/mol. The van der Waals surface area contributed by atoms with Crippen LogP contribution in [0.15, 0.2) is 90.5 Å². The average molecular weight is 813 g/mol. The molecule has 0 spiro atoms. The Labute approximate surface area is 325 Å². The number of aliphatic hydroxyl groups is 1. The molecule has 1 saturated carbocycles. The van der Waals surface area contributed by atoms with Gasteiger partial charge in [0.1, 0.15) is 18.0 Å². The number of benzene rings is 4. The summed E-state index contributed by atoms with van der Waals surface area (Å²) in [7, 11) is 0. The van der Waals surface area contributed by atoms with E-state index in [0.29, 0.717) is 11.3 Å². The molecule has 6 atom stereocenters. The Balaban J connectivity index is 1.22. The number of hydrogen-bond donors (Lipinski definition) is 2. The van der Waals surface area contributed by atoms with E-state index in [9.17, 15) is 37.5 Å². The predicted octanol–water partition coefficient (Wildman–Crippen LogP) is 7.26. The van der Waals surface area contributed by atoms with E-state index >= 15 is 8.78 Å². The van der Waals surface area contributed by atoms with Crippen LogP contribution in [0.1, 0.15) is 24.3 Å². The van der Waals surface area contributed by atoms with Gasteiger partial charge in [-0.3, -0.25) is 24.1 Å². The third kappa shape index (κ3) is 5.36. The van der Waals surface area contributed by atoms with Crippen LogP contribution < -0.4 is 19.9 Å². The van der Waals surface area contributed by atoms with Crippen molar-refractivity contribution in [1.29, 1.82) is 0 Å². The number of anilines is 4. The van der Waals surface area contributed by atoms with E-state index in [1.807, 2.05) is 30.3 Å². The number of fused-ring (bicyclic) bond motifs is 4. The van der Waals surface area contributed by atoms with Gasteiger partial charge in [0.15, 0.2) is 33.0 Å². The fraction of sp³-hybridized carbons (Fsp3) is 0.250. The number of imide groups is 2. The van der Waals surface area contributed by atoms with Gasteiger partial charge in [0.05, 0.1) is 24.1 Å². The highest BCUT2D eigenvalue weighted by Crippen LogP contribution is 2.66. The van der Waals surface area contributed by atoms with Crippen molar-refractivity contribution in [2.75, 3.05) is 28.3 Å². The van der Waals surface area contributed by atoms with Crippen molar-refractivity contribution in [2.45, 2.75) is 28.5 Å². The number of nitrogens with zero attached hydrogens (tertiary/aromatic N) is 2. The van der Waals surface area contributed by atoms with E-state index in [4.69, 9.17) is 27.9 Å². The zero-order valence-corrected chi connectivity index (χ0v) is 30.3. The molecule has 0 radical (unpaired) electrons. The summed E-state index contributed by atoms with van der Waals surface area (Å²) in [5.74, 6) is -20.9. The Morgan fingerprint density at radius 1 is 0.732 bits per heavy atom. The van der Waals surface area contributed by atoms with E-state index in [1.165, 1.54) is 24.3 Å². The van der Waals surface area contributed by atoms with Gasteiger partial charge >= 0.3 is 0 Å². The molecule has 2 N–H and O–H groups in total. The summed E-state index contributed by atoms with van der Waals surface area (Å²) in [6, 6.07) is 21.7. The molecule has 0 unspecified atom stereocenters. The zero-order chi connectivity index (χ0) is 39.8. The van der Waals surface area contributed by atoms with Crippen molar-refractivity contribution >= 4 is 69.6 Å². The van der Waals surface area contributed by atoms with Gasteiger partial charge in [-0.05, 0) is 72.9 Å². The van der Waals surface area contributed by atoms with E-state index in [2.05, 4.69) is 5.32 Å². The maximum Gasteiger partial charge on any atom is 0.258 e. The molecular formula is C40H28Cl2F5N3O6. The van der Waals surface area contributed by atoms with E-state index in [0.717, 1.165) is 10.6 Å². The molecule has 4 aromatic rings. The molecule has 2 saturated heterocycles. The van der Waals surface area contributed by atoms with Crippen LogP contribution in [-0.2, 0) is 19.2 Å². The van der Waals surface area contributed by atoms with Crippen molar-refractivity contribution in [2.24, 2.45) is 17.8 Å². The van der Waals surface area contributed by atoms with Gasteiger partial charge in [-0.15, -0.1) is 23.2 Å². The van der Waals surface area contributed by atoms with Crippen molar-refractivity contribution in [1.82, 2.24) is 0 Å². The van der Waals surface area contributed by atoms with E-state index < -0.39 is 98.2 Å². The molecule has 3 fully saturated rings. The number of rotatable bonds is 8. The van der Waals surface area contributed by atoms with Gasteiger partial charge in [0.2, 0.25) is 17.6 Å². The number of alkyl halides is 2. The first-order chi connectivity index (χ1) is 26.7. The summed E-state index contributed by atoms with van der Waals surface area (Å²) < 4.78 is 79.2. The van der Waals surface area contributed by atoms with Crippen LogP contribution in [-0.4, -0.2) is 51.7 Å². The molecule has 4 aromatic carbocycles. The number of halogens is 7. The minimum atomic E-state index is -2.65. The number of amides is 4. The summed E-state index contributed by atoms with van der Waals surface area (Å²) in [5.41, 5.74) is 0.418. The molecule has 2 heterocycles. The van der Waals surface area contributed by atoms with Crippen LogP contribution in [0.2, 0.25) is 0 Å². The second kappa shape index (κ2) is 13.7. The Kier molecular flexibility index (Phi) is 9.21. The number of aliphatic hydroxyl groups excluding tert-OH is 1. The first kappa shape index (κ1) is 37.6. The summed E-state index contributed by atoms with van der Waals surface area (Å²) in [6.07, 6.45) is 0.987. The van der Waals surface area contributed by atoms with Gasteiger partial charge in [0, 0.05) is 17.3 Å². The third-order valence-corrected chi connectivity index (χ3v) is 12.4. The van der Waals surface area contributed by atoms with E-state index in [-0.39, 0.29) is 41.5 Å². The Bertz CT molecular complexity index is 2320. The molecule has 2 aliphatic carbocycles. The molecule has 9 nitrogen and oxygen atoms in total. The topological polar surface area (TPSA) is 116 Å². The maximum absolute atomic E-state index is 15.3. The largest absolute Gasteiger partial charge is 0.491 e. The van der Waals surface area contributed by atoms with Gasteiger partial charge in [-0.2, -0.15) is 0 Å². The molecule has 56 heavy (non-hydrogen) atoms. The molecule has 0 bridgehead atoms. The molecule has 4 aliphatic rings. The molecule has 2 aliphatic heterocycles. The fourth-order valence-electron chi connectivity index (χ4n) is 8.50. The van der Waals surface area contributed by atoms with Crippen LogP contribution in [0, 0.1) is 46.8 Å². The third-order valence-electron chi connectivity index (χ3n) is 11.0. The SMILES string of the molecule is O=C1[C@H]2[C@H](CC=C3[C@H]2C[C@@]2(Cl)C(=O)N(c4c(F)c(F)c(F)c(F)c4F)C(=O)[C@@]2(Cl)[C@H]3c2ccc(OCCO)cc2)C(=O)N1c1ccc(Nc2ccccc2)cc1. The Hall–Kier alpha value is -5.31. The lowest BCUT2D eigenvalue weighted by Crippen LogP contribution is -2.60. The highest BCUT2D eigenvalue weighted by atomic mass is 35.5. The number of carbonyl (C=O) groups is 4. The molecule has 4 amide bonds. The van der Waals surface area contributed by atoms with Gasteiger partial charge in [0.25, 0.3) is 11.8 Å². The minimum absolute atomic E-state index is 0.00877. The Morgan fingerprint density at radius 2 is 1.34 bits per heavy atom. The first-order valence-corrected chi connectivity index (χ1v) is 18.1. The van der Waals surface area contributed by atoms with Crippen LogP contribution in [0.4, 0.5) is 44.7 Å². The number of carbonyl (C=O) groups excluding carboxylic acids is 4. The van der Waals surface area contributed by atoms with Crippen molar-refractivity contribution in [3.8, 4) is 5.75 Å². The van der Waals surface area contributed by atoms with Crippen LogP contribution in [0.3, 0.4) is 0 Å². The van der Waals surface area contributed by atoms with Crippen molar-refractivity contribution in [3.05, 3.63) is 125 Å². The van der Waals surface area contributed by atoms with Crippen LogP contribution in [0.25, 0.3) is 0 Å². The summed E-state index contributed by atoms with van der Waals surface area (Å²) >= 11 is 14.4. The second-order valence-electron chi connectivity index (χ2n) is 13.9. The Morgan fingerprint density at radius 3 is 1.96 bits per heavy atom. The average Bonchev–Trinajstić information content (AvgIpc) is 3.54. The van der Waals surface area contributed by atoms with Crippen LogP contribution >= 0.6 is 23.2 Å². The fourth-order valence-corrected chi connectivity index (χ4v) is 9.43. The van der Waals surface area contributed by atoms with Gasteiger partial charge in [-0.1, -0.05) is 42.0 Å². The molecule has 16 heteroatoms. The quantitative estimate of drug-likeness (QED) is 0.0481. The number of nitrogens with one attached hydrogen (secondary N) is 1. The highest BCUT2D eigenvalue weighted by molar-refractivity contribution is 6.58. The van der Waals surface area contributed by atoms with Crippen molar-refractivity contribution in [3.63, 3.8) is 0 Å². The number of allylic oxidation sites excluding steroid dienone is 2. The standard InChI is InChI=1S/C40H28Cl2F5N3O6/c41-39-18-26-24(14-15-25-27(26)36(53)49(35(25)52)22-10-8-21(9-11-22)48-20-4-2-1-3-5-20)28(19-6-12-23(13-7-19)56-17-16-51)40(39,42)38(55)50(37(39)54)34-32(46)30(44)29(43)31(45)33(34)47/h1-14,25-28,48,51H,15-18H2/t25-,26+,27-,28-,39+,40-/m0/s1. The molecule has 8 rings (SSSR count). The van der Waals surface area contributed by atoms with Crippen LogP contribution in [0.5, 0.6) is 5.75 Å². The summed E-state index contributed by atoms with van der Waals surface area (Å²) in [6.45, 7) is -0.365. The van der Waals surface area contributed by atoms with Gasteiger partial charge in [-0.25, -0.2) is 26.9 Å². The summed E-state index contributed by atoms with van der Waals surface area (Å²) in [4.78, 5) is 52.9. The highest BCUT2D eigenvalue weighted by Gasteiger charge is 2.77. The molecular weight excluding hydrogens is 784 g/mol. The minimum Gasteiger partial charge on any atom is -0.491 e. The molecule has 0 aromatic heterocycles. The normalized spacial score (nSPS) is 26.9. The van der Waals surface area contributed by atoms with Crippen molar-refractivity contribution < 1.29 is 51.0 Å². The lowest BCUT2D eigenvalue weighted by molar-refractivity contribution is -0.125. The maximum atomic E-state index is 15.3. The molecule has 288 valence electrons. The zero-order valence-electron chi connectivity index (χ0n) is 28.7. The van der Waals surface area contributed by atoms with Gasteiger partial charge < -0.3 is 15.2 Å². The first-order valence-electron chi connectivity index (χ1n) is 17.4. The summed E-state index contributed by atoms with van der Waals surface area (Å²) in [5, 5.41) is 12.4.